The van der Waals surface area contributed by atoms with E-state index in [9.17, 15) is 13.2 Å². The SMILES string of the molecule is Cl.FC(F)(F)c1ccc(OCC2[C@H]3CNC[C@@H]23)cn1. The van der Waals surface area contributed by atoms with Crippen molar-refractivity contribution in [2.45, 2.75) is 6.18 Å². The maximum atomic E-state index is 12.3. The number of aromatic nitrogens is 1. The molecule has 0 bridgehead atoms. The van der Waals surface area contributed by atoms with E-state index in [2.05, 4.69) is 10.3 Å². The fourth-order valence-corrected chi connectivity index (χ4v) is 2.62. The monoisotopic (exact) mass is 294 g/mol. The van der Waals surface area contributed by atoms with Crippen LogP contribution in [0.5, 0.6) is 5.75 Å². The van der Waals surface area contributed by atoms with Gasteiger partial charge in [-0.2, -0.15) is 13.2 Å². The third-order valence-electron chi connectivity index (χ3n) is 3.74. The Kier molecular flexibility index (Phi) is 3.92. The second-order valence-electron chi connectivity index (χ2n) is 4.84. The highest BCUT2D eigenvalue weighted by Crippen LogP contribution is 2.48. The summed E-state index contributed by atoms with van der Waals surface area (Å²) in [6, 6.07) is 2.27. The summed E-state index contributed by atoms with van der Waals surface area (Å²) < 4.78 is 42.3. The summed E-state index contributed by atoms with van der Waals surface area (Å²) in [7, 11) is 0. The number of rotatable bonds is 3. The lowest BCUT2D eigenvalue weighted by Crippen LogP contribution is -2.17. The van der Waals surface area contributed by atoms with Crippen LogP contribution in [0.2, 0.25) is 0 Å². The van der Waals surface area contributed by atoms with Crippen LogP contribution in [-0.2, 0) is 6.18 Å². The Morgan fingerprint density at radius 1 is 1.26 bits per heavy atom. The molecule has 0 radical (unpaired) electrons. The summed E-state index contributed by atoms with van der Waals surface area (Å²) in [5.41, 5.74) is -0.887. The van der Waals surface area contributed by atoms with Gasteiger partial charge in [-0.25, -0.2) is 4.98 Å². The van der Waals surface area contributed by atoms with Crippen LogP contribution in [0.15, 0.2) is 18.3 Å². The summed E-state index contributed by atoms with van der Waals surface area (Å²) in [5, 5.41) is 3.28. The lowest BCUT2D eigenvalue weighted by atomic mass is 10.3. The van der Waals surface area contributed by atoms with Crippen LogP contribution in [0.3, 0.4) is 0 Å². The van der Waals surface area contributed by atoms with Crippen LogP contribution in [0, 0.1) is 17.8 Å². The Bertz CT molecular complexity index is 428. The van der Waals surface area contributed by atoms with Crippen molar-refractivity contribution < 1.29 is 17.9 Å². The first-order chi connectivity index (χ1) is 8.55. The Morgan fingerprint density at radius 2 is 1.95 bits per heavy atom. The Labute approximate surface area is 115 Å². The van der Waals surface area contributed by atoms with E-state index in [-0.39, 0.29) is 12.4 Å². The number of halogens is 4. The van der Waals surface area contributed by atoms with Gasteiger partial charge in [-0.15, -0.1) is 12.4 Å². The fraction of sp³-hybridized carbons (Fsp3) is 0.583. The zero-order valence-electron chi connectivity index (χ0n) is 9.98. The van der Waals surface area contributed by atoms with Crippen molar-refractivity contribution in [1.82, 2.24) is 10.3 Å². The highest BCUT2D eigenvalue weighted by molar-refractivity contribution is 5.85. The quantitative estimate of drug-likeness (QED) is 0.929. The standard InChI is InChI=1S/C12H13F3N2O.ClH/c13-12(14,15)11-2-1-7(3-17-11)18-6-10-8-4-16-5-9(8)10;/h1-3,8-10,16H,4-6H2;1H/t8-,9+,10?;. The second kappa shape index (κ2) is 5.17. The summed E-state index contributed by atoms with van der Waals surface area (Å²) in [6.45, 7) is 2.64. The van der Waals surface area contributed by atoms with E-state index in [1.807, 2.05) is 0 Å². The van der Waals surface area contributed by atoms with Crippen molar-refractivity contribution >= 4 is 12.4 Å². The Balaban J connectivity index is 0.00000133. The molecule has 1 aromatic rings. The number of alkyl halides is 3. The highest BCUT2D eigenvalue weighted by Gasteiger charge is 2.52. The van der Waals surface area contributed by atoms with E-state index in [0.29, 0.717) is 30.1 Å². The number of nitrogens with one attached hydrogen (secondary N) is 1. The van der Waals surface area contributed by atoms with E-state index >= 15 is 0 Å². The molecule has 1 saturated carbocycles. The Morgan fingerprint density at radius 3 is 2.47 bits per heavy atom. The first kappa shape index (κ1) is 14.4. The Hall–Kier alpha value is -1.01. The minimum absolute atomic E-state index is 0. The number of pyridine rings is 1. The van der Waals surface area contributed by atoms with E-state index in [1.165, 1.54) is 6.07 Å². The zero-order chi connectivity index (χ0) is 12.8. The number of hydrogen-bond acceptors (Lipinski definition) is 3. The molecular weight excluding hydrogens is 281 g/mol. The molecule has 3 nitrogen and oxygen atoms in total. The van der Waals surface area contributed by atoms with Gasteiger partial charge in [0.15, 0.2) is 0 Å². The van der Waals surface area contributed by atoms with Gasteiger partial charge in [-0.1, -0.05) is 0 Å². The van der Waals surface area contributed by atoms with Gasteiger partial charge < -0.3 is 10.1 Å². The van der Waals surface area contributed by atoms with Crippen LogP contribution in [0.25, 0.3) is 0 Å². The van der Waals surface area contributed by atoms with Crippen molar-refractivity contribution in [3.63, 3.8) is 0 Å². The first-order valence-corrected chi connectivity index (χ1v) is 5.92. The van der Waals surface area contributed by atoms with Gasteiger partial charge in [0.25, 0.3) is 0 Å². The average Bonchev–Trinajstić information content (AvgIpc) is 2.77. The van der Waals surface area contributed by atoms with Crippen molar-refractivity contribution in [3.8, 4) is 5.75 Å². The number of ether oxygens (including phenoxy) is 1. The second-order valence-corrected chi connectivity index (χ2v) is 4.84. The van der Waals surface area contributed by atoms with Crippen LogP contribution in [0.1, 0.15) is 5.69 Å². The number of nitrogens with zero attached hydrogens (tertiary/aromatic N) is 1. The first-order valence-electron chi connectivity index (χ1n) is 5.92. The lowest BCUT2D eigenvalue weighted by Gasteiger charge is -2.09. The van der Waals surface area contributed by atoms with Gasteiger partial charge in [0, 0.05) is 5.92 Å². The average molecular weight is 295 g/mol. The van der Waals surface area contributed by atoms with Gasteiger partial charge in [0.05, 0.1) is 12.8 Å². The molecule has 2 aliphatic rings. The van der Waals surface area contributed by atoms with E-state index in [4.69, 9.17) is 4.74 Å². The molecule has 0 spiro atoms. The predicted octanol–water partition coefficient (Wildman–Crippen LogP) is 2.37. The molecule has 7 heteroatoms. The van der Waals surface area contributed by atoms with Crippen LogP contribution >= 0.6 is 12.4 Å². The predicted molar refractivity (Wildman–Crippen MR) is 65.3 cm³/mol. The molecule has 2 fully saturated rings. The van der Waals surface area contributed by atoms with Gasteiger partial charge in [0.1, 0.15) is 11.4 Å². The summed E-state index contributed by atoms with van der Waals surface area (Å²) >= 11 is 0. The molecule has 1 saturated heterocycles. The molecule has 1 aliphatic carbocycles. The van der Waals surface area contributed by atoms with Gasteiger partial charge in [0.2, 0.25) is 0 Å². The molecule has 1 N–H and O–H groups in total. The zero-order valence-corrected chi connectivity index (χ0v) is 10.8. The van der Waals surface area contributed by atoms with E-state index in [0.717, 1.165) is 25.4 Å². The highest BCUT2D eigenvalue weighted by atomic mass is 35.5. The van der Waals surface area contributed by atoms with Gasteiger partial charge >= 0.3 is 6.18 Å². The number of piperidine rings is 1. The summed E-state index contributed by atoms with van der Waals surface area (Å²) in [6.07, 6.45) is -3.25. The van der Waals surface area contributed by atoms with Crippen molar-refractivity contribution in [2.75, 3.05) is 19.7 Å². The largest absolute Gasteiger partial charge is 0.492 e. The lowest BCUT2D eigenvalue weighted by molar-refractivity contribution is -0.141. The van der Waals surface area contributed by atoms with Crippen molar-refractivity contribution in [1.29, 1.82) is 0 Å². The minimum Gasteiger partial charge on any atom is -0.492 e. The van der Waals surface area contributed by atoms with Gasteiger partial charge in [-0.3, -0.25) is 0 Å². The van der Waals surface area contributed by atoms with Crippen molar-refractivity contribution in [3.05, 3.63) is 24.0 Å². The summed E-state index contributed by atoms with van der Waals surface area (Å²) in [4.78, 5) is 3.36. The third-order valence-corrected chi connectivity index (χ3v) is 3.74. The van der Waals surface area contributed by atoms with E-state index < -0.39 is 11.9 Å². The van der Waals surface area contributed by atoms with Crippen molar-refractivity contribution in [2.24, 2.45) is 17.8 Å². The molecule has 1 aromatic heterocycles. The van der Waals surface area contributed by atoms with Crippen LogP contribution < -0.4 is 10.1 Å². The topological polar surface area (TPSA) is 34.1 Å². The molecule has 1 aliphatic heterocycles. The molecule has 0 aromatic carbocycles. The van der Waals surface area contributed by atoms with Crippen LogP contribution in [-0.4, -0.2) is 24.7 Å². The normalized spacial score (nSPS) is 28.5. The maximum absolute atomic E-state index is 12.3. The maximum Gasteiger partial charge on any atom is 0.433 e. The molecular formula is C12H14ClF3N2O. The van der Waals surface area contributed by atoms with Crippen LogP contribution in [0.4, 0.5) is 13.2 Å². The molecule has 1 unspecified atom stereocenters. The molecule has 106 valence electrons. The smallest absolute Gasteiger partial charge is 0.433 e. The molecule has 3 rings (SSSR count). The summed E-state index contributed by atoms with van der Waals surface area (Å²) in [5.74, 6) is 2.33. The van der Waals surface area contributed by atoms with Gasteiger partial charge in [-0.05, 0) is 37.1 Å². The third kappa shape index (κ3) is 2.95. The number of fused-ring (bicyclic) bond motifs is 1. The van der Waals surface area contributed by atoms with E-state index in [1.54, 1.807) is 0 Å². The minimum atomic E-state index is -4.39. The molecule has 0 amide bonds. The molecule has 3 atom stereocenters. The molecule has 2 heterocycles. The fourth-order valence-electron chi connectivity index (χ4n) is 2.62. The number of hydrogen-bond donors (Lipinski definition) is 1. The molecule has 19 heavy (non-hydrogen) atoms.